The van der Waals surface area contributed by atoms with Gasteiger partial charge in [0.15, 0.2) is 0 Å². The fourth-order valence-corrected chi connectivity index (χ4v) is 4.31. The van der Waals surface area contributed by atoms with Crippen molar-refractivity contribution in [2.75, 3.05) is 0 Å². The van der Waals surface area contributed by atoms with Crippen LogP contribution in [0.15, 0.2) is 23.7 Å². The van der Waals surface area contributed by atoms with E-state index in [0.717, 1.165) is 44.3 Å². The van der Waals surface area contributed by atoms with Crippen LogP contribution in [0.25, 0.3) is 0 Å². The van der Waals surface area contributed by atoms with Crippen molar-refractivity contribution in [3.63, 3.8) is 0 Å². The monoisotopic (exact) mass is 319 g/mol. The molecule has 2 rings (SSSR count). The molecule has 1 nitrogen and oxygen atoms in total. The Morgan fingerprint density at radius 1 is 1.09 bits per heavy atom. The predicted octanol–water partition coefficient (Wildman–Crippen LogP) is 5.63. The van der Waals surface area contributed by atoms with Gasteiger partial charge in [0, 0.05) is 12.1 Å². The highest BCUT2D eigenvalue weighted by molar-refractivity contribution is 5.32. The zero-order chi connectivity index (χ0) is 16.8. The van der Waals surface area contributed by atoms with Crippen LogP contribution in [0.2, 0.25) is 0 Å². The molecule has 2 aliphatic carbocycles. The summed E-state index contributed by atoms with van der Waals surface area (Å²) in [5.41, 5.74) is 1.59. The van der Waals surface area contributed by atoms with Crippen molar-refractivity contribution in [2.24, 2.45) is 22.0 Å². The summed E-state index contributed by atoms with van der Waals surface area (Å²) >= 11 is 0. The SMILES string of the molecule is CC1(C(C)(C)C2(C(F)(F)F)C=C(N)C=C(F)C2)CCCCC1. The molecule has 0 aliphatic heterocycles. The molecule has 2 N–H and O–H groups in total. The predicted molar refractivity (Wildman–Crippen MR) is 79.5 cm³/mol. The van der Waals surface area contributed by atoms with E-state index in [-0.39, 0.29) is 5.70 Å². The highest BCUT2D eigenvalue weighted by Gasteiger charge is 2.67. The normalized spacial score (nSPS) is 29.8. The Hall–Kier alpha value is -1.00. The molecular formula is C17H25F4N. The second-order valence-electron chi connectivity index (χ2n) is 7.63. The Labute approximate surface area is 129 Å². The van der Waals surface area contributed by atoms with Crippen LogP contribution in [0.3, 0.4) is 0 Å². The number of alkyl halides is 3. The van der Waals surface area contributed by atoms with Crippen LogP contribution in [0.4, 0.5) is 17.6 Å². The molecule has 1 fully saturated rings. The molecule has 1 unspecified atom stereocenters. The molecule has 0 radical (unpaired) electrons. The van der Waals surface area contributed by atoms with Crippen LogP contribution >= 0.6 is 0 Å². The van der Waals surface area contributed by atoms with E-state index in [0.29, 0.717) is 0 Å². The van der Waals surface area contributed by atoms with Gasteiger partial charge < -0.3 is 5.73 Å². The lowest BCUT2D eigenvalue weighted by molar-refractivity contribution is -0.264. The lowest BCUT2D eigenvalue weighted by atomic mass is 9.47. The molecule has 0 aromatic heterocycles. The van der Waals surface area contributed by atoms with E-state index < -0.39 is 34.7 Å². The molecule has 0 aromatic rings. The van der Waals surface area contributed by atoms with Gasteiger partial charge in [-0.05, 0) is 35.8 Å². The molecule has 1 atom stereocenters. The van der Waals surface area contributed by atoms with Crippen molar-refractivity contribution in [3.05, 3.63) is 23.7 Å². The Balaban J connectivity index is 2.57. The fraction of sp³-hybridized carbons (Fsp3) is 0.765. The van der Waals surface area contributed by atoms with Crippen LogP contribution in [-0.4, -0.2) is 6.18 Å². The van der Waals surface area contributed by atoms with Crippen LogP contribution in [0.1, 0.15) is 59.3 Å². The number of rotatable bonds is 2. The number of hydrogen-bond donors (Lipinski definition) is 1. The summed E-state index contributed by atoms with van der Waals surface area (Å²) in [4.78, 5) is 0. The van der Waals surface area contributed by atoms with E-state index in [2.05, 4.69) is 0 Å². The van der Waals surface area contributed by atoms with E-state index >= 15 is 0 Å². The van der Waals surface area contributed by atoms with Gasteiger partial charge in [-0.25, -0.2) is 4.39 Å². The van der Waals surface area contributed by atoms with Gasteiger partial charge in [0.1, 0.15) is 5.83 Å². The third-order valence-corrected chi connectivity index (χ3v) is 6.27. The van der Waals surface area contributed by atoms with E-state index in [1.54, 1.807) is 13.8 Å². The van der Waals surface area contributed by atoms with Crippen LogP contribution in [0, 0.1) is 16.2 Å². The third-order valence-electron chi connectivity index (χ3n) is 6.27. The van der Waals surface area contributed by atoms with Gasteiger partial charge in [-0.3, -0.25) is 0 Å². The van der Waals surface area contributed by atoms with Crippen LogP contribution in [-0.2, 0) is 0 Å². The first kappa shape index (κ1) is 17.4. The summed E-state index contributed by atoms with van der Waals surface area (Å²) in [5.74, 6) is -0.787. The van der Waals surface area contributed by atoms with E-state index in [4.69, 9.17) is 5.73 Å². The quantitative estimate of drug-likeness (QED) is 0.656. The largest absolute Gasteiger partial charge is 0.399 e. The summed E-state index contributed by atoms with van der Waals surface area (Å²) in [6.45, 7) is 5.18. The highest BCUT2D eigenvalue weighted by Crippen LogP contribution is 2.66. The Bertz CT molecular complexity index is 495. The molecule has 5 heteroatoms. The molecule has 0 heterocycles. The molecule has 126 valence electrons. The molecular weight excluding hydrogens is 294 g/mol. The molecule has 2 aliphatic rings. The maximum absolute atomic E-state index is 14.1. The molecule has 0 spiro atoms. The Morgan fingerprint density at radius 2 is 1.64 bits per heavy atom. The minimum absolute atomic E-state index is 0.131. The van der Waals surface area contributed by atoms with Crippen molar-refractivity contribution < 1.29 is 17.6 Å². The molecule has 0 bridgehead atoms. The lowest BCUT2D eigenvalue weighted by Gasteiger charge is -2.57. The lowest BCUT2D eigenvalue weighted by Crippen LogP contribution is -2.56. The van der Waals surface area contributed by atoms with Crippen molar-refractivity contribution in [1.82, 2.24) is 0 Å². The standard InChI is InChI=1S/C17H25F4N/c1-14(2,15(3)7-5-4-6-8-15)16(17(19,20)21)10-12(18)9-13(22)11-16/h9,11H,4-8,10,22H2,1-3H3. The van der Waals surface area contributed by atoms with Crippen molar-refractivity contribution >= 4 is 0 Å². The Kier molecular flexibility index (Phi) is 4.16. The van der Waals surface area contributed by atoms with Crippen LogP contribution in [0.5, 0.6) is 0 Å². The number of nitrogens with two attached hydrogens (primary N) is 1. The van der Waals surface area contributed by atoms with Gasteiger partial charge in [-0.15, -0.1) is 0 Å². The average molecular weight is 319 g/mol. The number of allylic oxidation sites excluding steroid dienone is 3. The third kappa shape index (κ3) is 2.46. The van der Waals surface area contributed by atoms with E-state index in [9.17, 15) is 17.6 Å². The summed E-state index contributed by atoms with van der Waals surface area (Å²) in [6.07, 6.45) is 1.22. The summed E-state index contributed by atoms with van der Waals surface area (Å²) < 4.78 is 56.1. The maximum atomic E-state index is 14.1. The number of hydrogen-bond acceptors (Lipinski definition) is 1. The second-order valence-corrected chi connectivity index (χ2v) is 7.63. The van der Waals surface area contributed by atoms with Crippen LogP contribution < -0.4 is 5.73 Å². The summed E-state index contributed by atoms with van der Waals surface area (Å²) in [5, 5.41) is 0. The zero-order valence-corrected chi connectivity index (χ0v) is 13.5. The first-order valence-corrected chi connectivity index (χ1v) is 7.86. The van der Waals surface area contributed by atoms with Gasteiger partial charge in [0.2, 0.25) is 0 Å². The second kappa shape index (κ2) is 5.27. The van der Waals surface area contributed by atoms with Gasteiger partial charge in [-0.2, -0.15) is 13.2 Å². The van der Waals surface area contributed by atoms with Crippen molar-refractivity contribution in [1.29, 1.82) is 0 Å². The topological polar surface area (TPSA) is 26.0 Å². The summed E-state index contributed by atoms with van der Waals surface area (Å²) in [7, 11) is 0. The smallest absolute Gasteiger partial charge is 0.398 e. The van der Waals surface area contributed by atoms with E-state index in [1.165, 1.54) is 0 Å². The first-order valence-electron chi connectivity index (χ1n) is 7.86. The van der Waals surface area contributed by atoms with Gasteiger partial charge in [-0.1, -0.05) is 40.0 Å². The van der Waals surface area contributed by atoms with Crippen molar-refractivity contribution in [2.45, 2.75) is 65.5 Å². The molecule has 0 saturated heterocycles. The van der Waals surface area contributed by atoms with Gasteiger partial charge in [0.05, 0.1) is 5.41 Å². The number of halogens is 4. The van der Waals surface area contributed by atoms with Crippen molar-refractivity contribution in [3.8, 4) is 0 Å². The minimum atomic E-state index is -4.55. The average Bonchev–Trinajstić information content (AvgIpc) is 2.36. The van der Waals surface area contributed by atoms with E-state index in [1.807, 2.05) is 6.92 Å². The Morgan fingerprint density at radius 3 is 2.09 bits per heavy atom. The zero-order valence-electron chi connectivity index (χ0n) is 13.5. The fourth-order valence-electron chi connectivity index (χ4n) is 4.31. The highest BCUT2D eigenvalue weighted by atomic mass is 19.4. The maximum Gasteiger partial charge on any atom is 0.398 e. The molecule has 0 amide bonds. The summed E-state index contributed by atoms with van der Waals surface area (Å²) in [6, 6.07) is 0. The first-order chi connectivity index (χ1) is 9.95. The van der Waals surface area contributed by atoms with Gasteiger partial charge >= 0.3 is 6.18 Å². The molecule has 1 saturated carbocycles. The minimum Gasteiger partial charge on any atom is -0.399 e. The molecule has 22 heavy (non-hydrogen) atoms. The molecule has 0 aromatic carbocycles. The van der Waals surface area contributed by atoms with Gasteiger partial charge in [0.25, 0.3) is 0 Å².